The highest BCUT2D eigenvalue weighted by Gasteiger charge is 2.27. The van der Waals surface area contributed by atoms with Crippen molar-refractivity contribution in [3.05, 3.63) is 17.7 Å². The number of alkyl carbamates (subject to hydrolysis) is 1. The van der Waals surface area contributed by atoms with Crippen molar-refractivity contribution in [1.29, 1.82) is 0 Å². The van der Waals surface area contributed by atoms with E-state index in [0.29, 0.717) is 61.6 Å². The van der Waals surface area contributed by atoms with Crippen molar-refractivity contribution in [3.63, 3.8) is 0 Å². The molecule has 0 aliphatic carbocycles. The van der Waals surface area contributed by atoms with Crippen molar-refractivity contribution >= 4 is 12.0 Å². The van der Waals surface area contributed by atoms with Crippen LogP contribution in [0.25, 0.3) is 0 Å². The van der Waals surface area contributed by atoms with E-state index in [4.69, 9.17) is 18.9 Å². The maximum Gasteiger partial charge on any atom is 0.407 e. The van der Waals surface area contributed by atoms with Crippen LogP contribution in [-0.4, -0.2) is 62.5 Å². The highest BCUT2D eigenvalue weighted by molar-refractivity contribution is 5.95. The van der Waals surface area contributed by atoms with Gasteiger partial charge in [0.1, 0.15) is 18.8 Å². The lowest BCUT2D eigenvalue weighted by Gasteiger charge is -2.32. The van der Waals surface area contributed by atoms with Gasteiger partial charge in [-0.3, -0.25) is 4.79 Å². The highest BCUT2D eigenvalue weighted by atomic mass is 16.6. The summed E-state index contributed by atoms with van der Waals surface area (Å²) in [5.74, 6) is 1.85. The lowest BCUT2D eigenvalue weighted by Crippen LogP contribution is -2.42. The number of likely N-dealkylation sites (tertiary alicyclic amines) is 1. The minimum absolute atomic E-state index is 0.0566. The van der Waals surface area contributed by atoms with Crippen LogP contribution < -0.4 is 19.5 Å². The molecule has 0 unspecified atom stereocenters. The van der Waals surface area contributed by atoms with Crippen LogP contribution in [-0.2, 0) is 4.74 Å². The first-order valence-electron chi connectivity index (χ1n) is 10.0. The fraction of sp³-hybridized carbons (Fsp3) is 0.619. The molecule has 2 heterocycles. The predicted molar refractivity (Wildman–Crippen MR) is 107 cm³/mol. The van der Waals surface area contributed by atoms with Crippen molar-refractivity contribution in [2.24, 2.45) is 5.92 Å². The minimum atomic E-state index is -0.509. The molecule has 0 spiro atoms. The molecule has 0 bridgehead atoms. The summed E-state index contributed by atoms with van der Waals surface area (Å²) >= 11 is 0. The summed E-state index contributed by atoms with van der Waals surface area (Å²) in [6.07, 6.45) is 1.24. The molecule has 0 atom stereocenters. The molecule has 0 aromatic heterocycles. The van der Waals surface area contributed by atoms with Crippen LogP contribution in [0.1, 0.15) is 44.0 Å². The number of carbonyl (C=O) groups excluding carboxylic acids is 2. The lowest BCUT2D eigenvalue weighted by molar-refractivity contribution is 0.0500. The number of nitrogens with one attached hydrogen (secondary N) is 1. The smallest absolute Gasteiger partial charge is 0.407 e. The Balaban J connectivity index is 1.54. The van der Waals surface area contributed by atoms with Crippen LogP contribution in [0.4, 0.5) is 4.79 Å². The van der Waals surface area contributed by atoms with Crippen molar-refractivity contribution < 1.29 is 28.5 Å². The normalized spacial score (nSPS) is 16.9. The van der Waals surface area contributed by atoms with Crippen LogP contribution in [0.2, 0.25) is 0 Å². The van der Waals surface area contributed by atoms with Crippen molar-refractivity contribution in [2.45, 2.75) is 39.2 Å². The predicted octanol–water partition coefficient (Wildman–Crippen LogP) is 2.84. The molecule has 29 heavy (non-hydrogen) atoms. The van der Waals surface area contributed by atoms with E-state index < -0.39 is 11.7 Å². The number of hydrogen-bond donors (Lipinski definition) is 1. The summed E-state index contributed by atoms with van der Waals surface area (Å²) in [6.45, 7) is 8.24. The Labute approximate surface area is 171 Å². The lowest BCUT2D eigenvalue weighted by atomic mass is 9.96. The molecule has 8 nitrogen and oxygen atoms in total. The van der Waals surface area contributed by atoms with Gasteiger partial charge in [-0.05, 0) is 51.7 Å². The van der Waals surface area contributed by atoms with Crippen LogP contribution in [0.15, 0.2) is 12.1 Å². The van der Waals surface area contributed by atoms with Crippen molar-refractivity contribution in [1.82, 2.24) is 10.2 Å². The second-order valence-corrected chi connectivity index (χ2v) is 8.32. The Morgan fingerprint density at radius 3 is 2.52 bits per heavy atom. The molecule has 2 amide bonds. The highest BCUT2D eigenvalue weighted by Crippen LogP contribution is 2.40. The van der Waals surface area contributed by atoms with Gasteiger partial charge in [-0.2, -0.15) is 0 Å². The zero-order valence-electron chi connectivity index (χ0n) is 17.6. The van der Waals surface area contributed by atoms with Crippen LogP contribution in [0.5, 0.6) is 17.2 Å². The van der Waals surface area contributed by atoms with E-state index in [9.17, 15) is 9.59 Å². The molecule has 1 aromatic rings. The molecule has 160 valence electrons. The summed E-state index contributed by atoms with van der Waals surface area (Å²) < 4.78 is 21.9. The summed E-state index contributed by atoms with van der Waals surface area (Å²) in [4.78, 5) is 26.6. The van der Waals surface area contributed by atoms with Gasteiger partial charge in [0.2, 0.25) is 5.75 Å². The minimum Gasteiger partial charge on any atom is -0.493 e. The molecule has 1 N–H and O–H groups in total. The Hall–Kier alpha value is -2.64. The number of rotatable bonds is 4. The fourth-order valence-corrected chi connectivity index (χ4v) is 3.46. The summed E-state index contributed by atoms with van der Waals surface area (Å²) in [5.41, 5.74) is 0.0151. The second kappa shape index (κ2) is 8.80. The van der Waals surface area contributed by atoms with Crippen LogP contribution in [0, 0.1) is 5.92 Å². The van der Waals surface area contributed by atoms with Gasteiger partial charge in [0.05, 0.1) is 7.11 Å². The van der Waals surface area contributed by atoms with Crippen LogP contribution in [0.3, 0.4) is 0 Å². The molecule has 1 saturated heterocycles. The van der Waals surface area contributed by atoms with E-state index in [0.717, 1.165) is 12.8 Å². The van der Waals surface area contributed by atoms with Gasteiger partial charge in [-0.1, -0.05) is 0 Å². The quantitative estimate of drug-likeness (QED) is 0.828. The Bertz CT molecular complexity index is 733. The monoisotopic (exact) mass is 406 g/mol. The summed E-state index contributed by atoms with van der Waals surface area (Å²) in [7, 11) is 1.55. The molecule has 1 fully saturated rings. The Morgan fingerprint density at radius 1 is 1.17 bits per heavy atom. The van der Waals surface area contributed by atoms with E-state index >= 15 is 0 Å². The number of ether oxygens (including phenoxy) is 4. The first kappa shape index (κ1) is 21.1. The molecule has 3 rings (SSSR count). The summed E-state index contributed by atoms with van der Waals surface area (Å²) in [5, 5.41) is 2.82. The fourth-order valence-electron chi connectivity index (χ4n) is 3.46. The third-order valence-electron chi connectivity index (χ3n) is 4.91. The number of hydrogen-bond acceptors (Lipinski definition) is 6. The first-order valence-corrected chi connectivity index (χ1v) is 10.0. The van der Waals surface area contributed by atoms with Crippen LogP contribution >= 0.6 is 0 Å². The number of amides is 2. The standard InChI is InChI=1S/C21H30N2O6/c1-21(2,3)29-20(25)22-13-14-5-7-23(8-6-14)19(24)15-11-16(26-4)18-17(12-15)27-9-10-28-18/h11-12,14H,5-10,13H2,1-4H3,(H,22,25). The maximum atomic E-state index is 13.0. The van der Waals surface area contributed by atoms with Gasteiger partial charge in [0, 0.05) is 25.2 Å². The Kier molecular flexibility index (Phi) is 6.39. The summed E-state index contributed by atoms with van der Waals surface area (Å²) in [6, 6.07) is 3.42. The van der Waals surface area contributed by atoms with E-state index in [2.05, 4.69) is 5.32 Å². The number of piperidine rings is 1. The molecule has 2 aliphatic rings. The van der Waals surface area contributed by atoms with Crippen molar-refractivity contribution in [3.8, 4) is 17.2 Å². The molecule has 2 aliphatic heterocycles. The van der Waals surface area contributed by atoms with E-state index in [-0.39, 0.29) is 5.91 Å². The zero-order chi connectivity index (χ0) is 21.0. The number of benzene rings is 1. The molecule has 0 saturated carbocycles. The topological polar surface area (TPSA) is 86.3 Å². The molecule has 1 aromatic carbocycles. The molecular weight excluding hydrogens is 376 g/mol. The van der Waals surface area contributed by atoms with E-state index in [1.165, 1.54) is 0 Å². The largest absolute Gasteiger partial charge is 0.493 e. The zero-order valence-corrected chi connectivity index (χ0v) is 17.6. The van der Waals surface area contributed by atoms with E-state index in [1.54, 1.807) is 19.2 Å². The first-order chi connectivity index (χ1) is 13.8. The van der Waals surface area contributed by atoms with Gasteiger partial charge in [0.15, 0.2) is 11.5 Å². The van der Waals surface area contributed by atoms with Gasteiger partial charge in [0.25, 0.3) is 5.91 Å². The van der Waals surface area contributed by atoms with Gasteiger partial charge >= 0.3 is 6.09 Å². The number of fused-ring (bicyclic) bond motifs is 1. The third-order valence-corrected chi connectivity index (χ3v) is 4.91. The Morgan fingerprint density at radius 2 is 1.86 bits per heavy atom. The van der Waals surface area contributed by atoms with Gasteiger partial charge in [-0.15, -0.1) is 0 Å². The molecule has 8 heteroatoms. The molecular formula is C21H30N2O6. The van der Waals surface area contributed by atoms with Gasteiger partial charge < -0.3 is 29.2 Å². The SMILES string of the molecule is COc1cc(C(=O)N2CCC(CNC(=O)OC(C)(C)C)CC2)cc2c1OCCO2. The maximum absolute atomic E-state index is 13.0. The average molecular weight is 406 g/mol. The molecule has 0 radical (unpaired) electrons. The second-order valence-electron chi connectivity index (χ2n) is 8.32. The average Bonchev–Trinajstić information content (AvgIpc) is 2.70. The number of carbonyl (C=O) groups is 2. The van der Waals surface area contributed by atoms with Gasteiger partial charge in [-0.25, -0.2) is 4.79 Å². The van der Waals surface area contributed by atoms with E-state index in [1.807, 2.05) is 25.7 Å². The number of methoxy groups -OCH3 is 1. The van der Waals surface area contributed by atoms with Crippen molar-refractivity contribution in [2.75, 3.05) is 40.0 Å². The number of nitrogens with zero attached hydrogens (tertiary/aromatic N) is 1. The third kappa shape index (κ3) is 5.46.